The number of benzene rings is 1. The molecule has 3 aromatic rings. The molecule has 2 N–H and O–H groups in total. The molecule has 1 aromatic carbocycles. The van der Waals surface area contributed by atoms with Crippen LogP contribution in [0.4, 0.5) is 10.2 Å². The Morgan fingerprint density at radius 2 is 2.17 bits per heavy atom. The van der Waals surface area contributed by atoms with Gasteiger partial charge < -0.3 is 15.1 Å². The SMILES string of the molecule is CC(Nc1ncnc2c(F)cccc12)C(=O)NCc1ccco1. The van der Waals surface area contributed by atoms with Crippen LogP contribution in [0.15, 0.2) is 47.3 Å². The summed E-state index contributed by atoms with van der Waals surface area (Å²) < 4.78 is 18.9. The summed E-state index contributed by atoms with van der Waals surface area (Å²) in [5, 5.41) is 6.26. The third-order valence-corrected chi connectivity index (χ3v) is 3.38. The molecule has 2 heterocycles. The van der Waals surface area contributed by atoms with Gasteiger partial charge in [0.2, 0.25) is 5.91 Å². The molecule has 1 unspecified atom stereocenters. The Labute approximate surface area is 131 Å². The van der Waals surface area contributed by atoms with Crippen LogP contribution in [0.5, 0.6) is 0 Å². The summed E-state index contributed by atoms with van der Waals surface area (Å²) in [7, 11) is 0. The second kappa shape index (κ2) is 6.43. The summed E-state index contributed by atoms with van der Waals surface area (Å²) in [5.41, 5.74) is 0.216. The number of carbonyl (C=O) groups is 1. The summed E-state index contributed by atoms with van der Waals surface area (Å²) >= 11 is 0. The number of nitrogens with one attached hydrogen (secondary N) is 2. The number of fused-ring (bicyclic) bond motifs is 1. The summed E-state index contributed by atoms with van der Waals surface area (Å²) in [4.78, 5) is 20.1. The minimum Gasteiger partial charge on any atom is -0.467 e. The number of nitrogens with zero attached hydrogens (tertiary/aromatic N) is 2. The fraction of sp³-hybridized carbons (Fsp3) is 0.188. The van der Waals surface area contributed by atoms with Crippen LogP contribution < -0.4 is 10.6 Å². The molecule has 0 spiro atoms. The van der Waals surface area contributed by atoms with Crippen LogP contribution in [0.1, 0.15) is 12.7 Å². The van der Waals surface area contributed by atoms with E-state index < -0.39 is 11.9 Å². The zero-order chi connectivity index (χ0) is 16.2. The predicted molar refractivity (Wildman–Crippen MR) is 83.1 cm³/mol. The molecule has 3 rings (SSSR count). The first-order chi connectivity index (χ1) is 11.1. The van der Waals surface area contributed by atoms with Crippen LogP contribution in [-0.4, -0.2) is 21.9 Å². The van der Waals surface area contributed by atoms with E-state index in [2.05, 4.69) is 20.6 Å². The Hall–Kier alpha value is -2.96. The first-order valence-corrected chi connectivity index (χ1v) is 7.11. The fourth-order valence-electron chi connectivity index (χ4n) is 2.18. The maximum Gasteiger partial charge on any atom is 0.242 e. The number of hydrogen-bond donors (Lipinski definition) is 2. The number of rotatable bonds is 5. The second-order valence-electron chi connectivity index (χ2n) is 5.02. The molecule has 0 bridgehead atoms. The molecular formula is C16H15FN4O2. The third-order valence-electron chi connectivity index (χ3n) is 3.38. The fourth-order valence-corrected chi connectivity index (χ4v) is 2.18. The lowest BCUT2D eigenvalue weighted by Crippen LogP contribution is -2.37. The van der Waals surface area contributed by atoms with Crippen molar-refractivity contribution in [2.75, 3.05) is 5.32 Å². The molecule has 0 aliphatic carbocycles. The molecule has 0 saturated heterocycles. The number of carbonyl (C=O) groups excluding carboxylic acids is 1. The average Bonchev–Trinajstić information content (AvgIpc) is 3.07. The molecule has 2 aromatic heterocycles. The largest absolute Gasteiger partial charge is 0.467 e. The van der Waals surface area contributed by atoms with Crippen LogP contribution in [0, 0.1) is 5.82 Å². The summed E-state index contributed by atoms with van der Waals surface area (Å²) in [6.07, 6.45) is 2.81. The van der Waals surface area contributed by atoms with Crippen LogP contribution in [0.2, 0.25) is 0 Å². The van der Waals surface area contributed by atoms with Crippen molar-refractivity contribution in [3.63, 3.8) is 0 Å². The predicted octanol–water partition coefficient (Wildman–Crippen LogP) is 2.48. The van der Waals surface area contributed by atoms with Gasteiger partial charge in [-0.15, -0.1) is 0 Å². The van der Waals surface area contributed by atoms with Crippen molar-refractivity contribution >= 4 is 22.6 Å². The molecule has 6 nitrogen and oxygen atoms in total. The van der Waals surface area contributed by atoms with Crippen molar-refractivity contribution < 1.29 is 13.6 Å². The zero-order valence-electron chi connectivity index (χ0n) is 12.4. The van der Waals surface area contributed by atoms with Gasteiger partial charge in [0, 0.05) is 5.39 Å². The lowest BCUT2D eigenvalue weighted by molar-refractivity contribution is -0.121. The highest BCUT2D eigenvalue weighted by Crippen LogP contribution is 2.21. The topological polar surface area (TPSA) is 80.0 Å². The van der Waals surface area contributed by atoms with E-state index in [1.807, 2.05) is 0 Å². The molecule has 0 fully saturated rings. The van der Waals surface area contributed by atoms with Gasteiger partial charge in [0.25, 0.3) is 0 Å². The zero-order valence-corrected chi connectivity index (χ0v) is 12.4. The molecule has 1 amide bonds. The number of furan rings is 1. The highest BCUT2D eigenvalue weighted by molar-refractivity contribution is 5.92. The van der Waals surface area contributed by atoms with Crippen molar-refractivity contribution in [2.24, 2.45) is 0 Å². The Kier molecular flexibility index (Phi) is 4.18. The van der Waals surface area contributed by atoms with Gasteiger partial charge in [0.05, 0.1) is 12.8 Å². The van der Waals surface area contributed by atoms with Crippen molar-refractivity contribution in [3.8, 4) is 0 Å². The summed E-state index contributed by atoms with van der Waals surface area (Å²) in [6.45, 7) is 2.00. The number of aromatic nitrogens is 2. The molecule has 7 heteroatoms. The molecule has 0 aliphatic heterocycles. The average molecular weight is 314 g/mol. The number of para-hydroxylation sites is 1. The molecule has 118 valence electrons. The summed E-state index contributed by atoms with van der Waals surface area (Å²) in [5.74, 6) is 0.433. The minimum atomic E-state index is -0.550. The van der Waals surface area contributed by atoms with Crippen LogP contribution >= 0.6 is 0 Å². The monoisotopic (exact) mass is 314 g/mol. The van der Waals surface area contributed by atoms with Crippen molar-refractivity contribution in [1.29, 1.82) is 0 Å². The second-order valence-corrected chi connectivity index (χ2v) is 5.02. The van der Waals surface area contributed by atoms with Gasteiger partial charge >= 0.3 is 0 Å². The van der Waals surface area contributed by atoms with Crippen molar-refractivity contribution in [2.45, 2.75) is 19.5 Å². The first-order valence-electron chi connectivity index (χ1n) is 7.11. The van der Waals surface area contributed by atoms with E-state index in [4.69, 9.17) is 4.42 Å². The van der Waals surface area contributed by atoms with Crippen LogP contribution in [0.25, 0.3) is 10.9 Å². The van der Waals surface area contributed by atoms with Gasteiger partial charge in [-0.1, -0.05) is 6.07 Å². The summed E-state index contributed by atoms with van der Waals surface area (Å²) in [6, 6.07) is 7.59. The van der Waals surface area contributed by atoms with Gasteiger partial charge in [-0.2, -0.15) is 0 Å². The van der Waals surface area contributed by atoms with E-state index in [0.717, 1.165) is 0 Å². The Balaban J connectivity index is 1.71. The highest BCUT2D eigenvalue weighted by atomic mass is 19.1. The normalized spacial score (nSPS) is 12.1. The molecule has 1 atom stereocenters. The lowest BCUT2D eigenvalue weighted by atomic mass is 10.2. The van der Waals surface area contributed by atoms with Crippen molar-refractivity contribution in [3.05, 3.63) is 54.5 Å². The maximum absolute atomic E-state index is 13.7. The Bertz CT molecular complexity index is 820. The van der Waals surface area contributed by atoms with E-state index in [1.54, 1.807) is 37.5 Å². The Morgan fingerprint density at radius 3 is 2.96 bits per heavy atom. The molecular weight excluding hydrogens is 299 g/mol. The quantitative estimate of drug-likeness (QED) is 0.756. The molecule has 23 heavy (non-hydrogen) atoms. The highest BCUT2D eigenvalue weighted by Gasteiger charge is 2.15. The van der Waals surface area contributed by atoms with E-state index >= 15 is 0 Å². The first kappa shape index (κ1) is 15.0. The minimum absolute atomic E-state index is 0.216. The van der Waals surface area contributed by atoms with E-state index in [0.29, 0.717) is 23.5 Å². The third kappa shape index (κ3) is 3.28. The number of anilines is 1. The smallest absolute Gasteiger partial charge is 0.242 e. The molecule has 0 radical (unpaired) electrons. The maximum atomic E-state index is 13.7. The van der Waals surface area contributed by atoms with Crippen molar-refractivity contribution in [1.82, 2.24) is 15.3 Å². The molecule has 0 aliphatic rings. The van der Waals surface area contributed by atoms with Gasteiger partial charge in [-0.05, 0) is 31.2 Å². The number of halogens is 1. The molecule has 0 saturated carbocycles. The van der Waals surface area contributed by atoms with E-state index in [1.165, 1.54) is 12.4 Å². The van der Waals surface area contributed by atoms with Crippen LogP contribution in [-0.2, 0) is 11.3 Å². The Morgan fingerprint density at radius 1 is 1.30 bits per heavy atom. The van der Waals surface area contributed by atoms with E-state index in [-0.39, 0.29) is 11.4 Å². The van der Waals surface area contributed by atoms with E-state index in [9.17, 15) is 9.18 Å². The standard InChI is InChI=1S/C16H15FN4O2/c1-10(16(22)18-8-11-4-3-7-23-11)21-15-12-5-2-6-13(17)14(12)19-9-20-15/h2-7,9-10H,8H2,1H3,(H,18,22)(H,19,20,21). The van der Waals surface area contributed by atoms with Gasteiger partial charge in [-0.3, -0.25) is 4.79 Å². The number of hydrogen-bond acceptors (Lipinski definition) is 5. The number of amides is 1. The van der Waals surface area contributed by atoms with Gasteiger partial charge in [0.1, 0.15) is 35.3 Å². The van der Waals surface area contributed by atoms with Gasteiger partial charge in [0.15, 0.2) is 0 Å². The lowest BCUT2D eigenvalue weighted by Gasteiger charge is -2.15. The van der Waals surface area contributed by atoms with Crippen LogP contribution in [0.3, 0.4) is 0 Å². The van der Waals surface area contributed by atoms with Gasteiger partial charge in [-0.25, -0.2) is 14.4 Å².